The van der Waals surface area contributed by atoms with Crippen LogP contribution in [0.2, 0.25) is 0 Å². The molecule has 0 aromatic carbocycles. The van der Waals surface area contributed by atoms with Gasteiger partial charge in [0.15, 0.2) is 0 Å². The van der Waals surface area contributed by atoms with E-state index in [1.807, 2.05) is 0 Å². The Bertz CT molecular complexity index is 275. The molecule has 1 atom stereocenters. The smallest absolute Gasteiger partial charge is 0.0843 e. The Morgan fingerprint density at radius 2 is 2.23 bits per heavy atom. The lowest BCUT2D eigenvalue weighted by atomic mass is 10.2. The topological polar surface area (TPSA) is 24.1 Å². The van der Waals surface area contributed by atoms with Crippen molar-refractivity contribution in [1.29, 1.82) is 0 Å². The molecule has 2 nitrogen and oxygen atoms in total. The average molecular weight is 326 g/mol. The quantitative estimate of drug-likeness (QED) is 0.829. The molecule has 5 heteroatoms. The molecule has 0 amide bonds. The molecule has 0 radical (unpaired) electrons. The van der Waals surface area contributed by atoms with Gasteiger partial charge in [-0.3, -0.25) is 0 Å². The molecule has 2 N–H and O–H groups in total. The minimum absolute atomic E-state index is 0.473. The maximum atomic E-state index is 3.51. The van der Waals surface area contributed by atoms with Gasteiger partial charge >= 0.3 is 0 Å². The zero-order valence-corrected chi connectivity index (χ0v) is 10.9. The summed E-state index contributed by atoms with van der Waals surface area (Å²) in [5.41, 5.74) is 0. The van der Waals surface area contributed by atoms with E-state index in [0.29, 0.717) is 6.04 Å². The third-order valence-corrected chi connectivity index (χ3v) is 5.42. The number of rotatable bonds is 1. The maximum absolute atomic E-state index is 3.51. The Hall–Kier alpha value is 0.580. The van der Waals surface area contributed by atoms with Crippen molar-refractivity contribution in [2.45, 2.75) is 6.04 Å². The highest BCUT2D eigenvalue weighted by molar-refractivity contribution is 9.13. The van der Waals surface area contributed by atoms with Gasteiger partial charge in [-0.2, -0.15) is 0 Å². The second kappa shape index (κ2) is 4.40. The van der Waals surface area contributed by atoms with Crippen molar-refractivity contribution in [3.8, 4) is 0 Å². The molecule has 1 saturated heterocycles. The Morgan fingerprint density at radius 1 is 1.38 bits per heavy atom. The molecular weight excluding hydrogens is 316 g/mol. The van der Waals surface area contributed by atoms with Crippen LogP contribution in [0.4, 0.5) is 0 Å². The summed E-state index contributed by atoms with van der Waals surface area (Å²) in [6.45, 7) is 3.15. The van der Waals surface area contributed by atoms with Crippen LogP contribution in [0.1, 0.15) is 10.9 Å². The van der Waals surface area contributed by atoms with Crippen molar-refractivity contribution in [2.24, 2.45) is 0 Å². The Morgan fingerprint density at radius 3 is 2.77 bits per heavy atom. The fourth-order valence-corrected chi connectivity index (χ4v) is 3.55. The van der Waals surface area contributed by atoms with Crippen LogP contribution in [0.15, 0.2) is 14.3 Å². The molecule has 13 heavy (non-hydrogen) atoms. The van der Waals surface area contributed by atoms with E-state index in [2.05, 4.69) is 48.6 Å². The van der Waals surface area contributed by atoms with Gasteiger partial charge in [-0.15, -0.1) is 11.3 Å². The molecule has 1 aromatic heterocycles. The number of hydrogen-bond donors (Lipinski definition) is 2. The van der Waals surface area contributed by atoms with E-state index < -0.39 is 0 Å². The van der Waals surface area contributed by atoms with Crippen LogP contribution in [-0.2, 0) is 0 Å². The lowest BCUT2D eigenvalue weighted by Crippen LogP contribution is -2.42. The SMILES string of the molecule is Brc1cc([C@H]2CNCCN2)sc1Br. The van der Waals surface area contributed by atoms with Crippen LogP contribution in [0.3, 0.4) is 0 Å². The van der Waals surface area contributed by atoms with Gasteiger partial charge in [-0.25, -0.2) is 0 Å². The summed E-state index contributed by atoms with van der Waals surface area (Å²) >= 11 is 8.79. The molecule has 2 heterocycles. The normalized spacial score (nSPS) is 23.4. The van der Waals surface area contributed by atoms with E-state index >= 15 is 0 Å². The van der Waals surface area contributed by atoms with Crippen molar-refractivity contribution in [1.82, 2.24) is 10.6 Å². The summed E-state index contributed by atoms with van der Waals surface area (Å²) in [6.07, 6.45) is 0. The maximum Gasteiger partial charge on any atom is 0.0843 e. The first kappa shape index (κ1) is 10.1. The number of piperazine rings is 1. The highest BCUT2D eigenvalue weighted by Gasteiger charge is 2.17. The fourth-order valence-electron chi connectivity index (χ4n) is 1.39. The molecule has 72 valence electrons. The van der Waals surface area contributed by atoms with Crippen molar-refractivity contribution >= 4 is 43.2 Å². The fraction of sp³-hybridized carbons (Fsp3) is 0.500. The highest BCUT2D eigenvalue weighted by atomic mass is 79.9. The van der Waals surface area contributed by atoms with Gasteiger partial charge in [-0.05, 0) is 37.9 Å². The molecule has 1 aliphatic heterocycles. The summed E-state index contributed by atoms with van der Waals surface area (Å²) in [7, 11) is 0. The Labute approximate surface area is 98.4 Å². The molecule has 1 fully saturated rings. The molecule has 1 aromatic rings. The van der Waals surface area contributed by atoms with E-state index in [4.69, 9.17) is 0 Å². The minimum Gasteiger partial charge on any atom is -0.314 e. The van der Waals surface area contributed by atoms with Gasteiger partial charge in [0.05, 0.1) is 9.83 Å². The highest BCUT2D eigenvalue weighted by Crippen LogP contribution is 2.35. The van der Waals surface area contributed by atoms with E-state index in [0.717, 1.165) is 24.1 Å². The predicted octanol–water partition coefficient (Wildman–Crippen LogP) is 2.51. The second-order valence-corrected chi connectivity index (χ2v) is 6.24. The van der Waals surface area contributed by atoms with Gasteiger partial charge in [0.2, 0.25) is 0 Å². The largest absolute Gasteiger partial charge is 0.314 e. The number of thiophene rings is 1. The number of hydrogen-bond acceptors (Lipinski definition) is 3. The van der Waals surface area contributed by atoms with E-state index in [1.165, 1.54) is 8.66 Å². The number of nitrogens with one attached hydrogen (secondary N) is 2. The predicted molar refractivity (Wildman–Crippen MR) is 63.3 cm³/mol. The minimum atomic E-state index is 0.473. The summed E-state index contributed by atoms with van der Waals surface area (Å²) in [5.74, 6) is 0. The Kier molecular flexibility index (Phi) is 3.42. The first-order chi connectivity index (χ1) is 6.27. The number of halogens is 2. The lowest BCUT2D eigenvalue weighted by molar-refractivity contribution is 0.435. The monoisotopic (exact) mass is 324 g/mol. The Balaban J connectivity index is 2.14. The van der Waals surface area contributed by atoms with Gasteiger partial charge in [0.25, 0.3) is 0 Å². The molecule has 0 spiro atoms. The standard InChI is InChI=1S/C8H10Br2N2S/c9-5-3-7(13-8(5)10)6-4-11-1-2-12-6/h3,6,11-12H,1-2,4H2/t6-/m1/s1. The van der Waals surface area contributed by atoms with Crippen molar-refractivity contribution in [3.63, 3.8) is 0 Å². The van der Waals surface area contributed by atoms with Crippen LogP contribution < -0.4 is 10.6 Å². The van der Waals surface area contributed by atoms with Crippen molar-refractivity contribution < 1.29 is 0 Å². The van der Waals surface area contributed by atoms with Crippen LogP contribution in [0, 0.1) is 0 Å². The van der Waals surface area contributed by atoms with E-state index in [-0.39, 0.29) is 0 Å². The summed E-state index contributed by atoms with van der Waals surface area (Å²) in [5, 5.41) is 6.86. The van der Waals surface area contributed by atoms with Crippen molar-refractivity contribution in [3.05, 3.63) is 19.2 Å². The molecule has 2 rings (SSSR count). The molecule has 0 unspecified atom stereocenters. The van der Waals surface area contributed by atoms with Crippen LogP contribution in [-0.4, -0.2) is 19.6 Å². The first-order valence-electron chi connectivity index (χ1n) is 4.16. The first-order valence-corrected chi connectivity index (χ1v) is 6.56. The summed E-state index contributed by atoms with van der Waals surface area (Å²) in [4.78, 5) is 1.38. The van der Waals surface area contributed by atoms with Gasteiger partial charge in [0, 0.05) is 29.0 Å². The van der Waals surface area contributed by atoms with Gasteiger partial charge < -0.3 is 10.6 Å². The van der Waals surface area contributed by atoms with Gasteiger partial charge in [0.1, 0.15) is 0 Å². The third kappa shape index (κ3) is 2.33. The van der Waals surface area contributed by atoms with E-state index in [9.17, 15) is 0 Å². The average Bonchev–Trinajstić information content (AvgIpc) is 2.49. The lowest BCUT2D eigenvalue weighted by Gasteiger charge is -2.23. The summed E-state index contributed by atoms with van der Waals surface area (Å²) < 4.78 is 2.33. The molecular formula is C8H10Br2N2S. The molecule has 0 saturated carbocycles. The van der Waals surface area contributed by atoms with Crippen LogP contribution in [0.5, 0.6) is 0 Å². The van der Waals surface area contributed by atoms with Gasteiger partial charge in [-0.1, -0.05) is 0 Å². The second-order valence-electron chi connectivity index (χ2n) is 2.98. The molecule has 1 aliphatic rings. The third-order valence-electron chi connectivity index (χ3n) is 2.05. The zero-order chi connectivity index (χ0) is 9.26. The molecule has 0 aliphatic carbocycles. The summed E-state index contributed by atoms with van der Waals surface area (Å²) in [6, 6.07) is 2.65. The van der Waals surface area contributed by atoms with Crippen molar-refractivity contribution in [2.75, 3.05) is 19.6 Å². The van der Waals surface area contributed by atoms with E-state index in [1.54, 1.807) is 11.3 Å². The van der Waals surface area contributed by atoms with Crippen LogP contribution in [0.25, 0.3) is 0 Å². The zero-order valence-electron chi connectivity index (χ0n) is 6.94. The molecule has 0 bridgehead atoms. The van der Waals surface area contributed by atoms with Crippen LogP contribution >= 0.6 is 43.2 Å².